The van der Waals surface area contributed by atoms with Crippen LogP contribution in [-0.2, 0) is 17.8 Å². The first kappa shape index (κ1) is 17.0. The van der Waals surface area contributed by atoms with Gasteiger partial charge in [0.05, 0.1) is 6.54 Å². The Balaban J connectivity index is 1.49. The molecule has 0 unspecified atom stereocenters. The van der Waals surface area contributed by atoms with Crippen LogP contribution in [0.4, 0.5) is 11.4 Å². The van der Waals surface area contributed by atoms with E-state index in [1.807, 2.05) is 36.4 Å². The number of nitrogens with zero attached hydrogens (tertiary/aromatic N) is 4. The van der Waals surface area contributed by atoms with Crippen molar-refractivity contribution in [3.8, 4) is 0 Å². The van der Waals surface area contributed by atoms with Crippen molar-refractivity contribution in [3.05, 3.63) is 71.8 Å². The maximum Gasteiger partial charge on any atom is 0.255 e. The zero-order valence-electron chi connectivity index (χ0n) is 14.9. The van der Waals surface area contributed by atoms with Gasteiger partial charge in [0.2, 0.25) is 5.91 Å². The second-order valence-electron chi connectivity index (χ2n) is 6.51. The Hall–Kier alpha value is -3.48. The van der Waals surface area contributed by atoms with Gasteiger partial charge in [0.15, 0.2) is 0 Å². The van der Waals surface area contributed by atoms with E-state index in [0.29, 0.717) is 18.7 Å². The molecule has 0 saturated carbocycles. The lowest BCUT2D eigenvalue weighted by Gasteiger charge is -2.15. The van der Waals surface area contributed by atoms with Gasteiger partial charge in [-0.1, -0.05) is 12.1 Å². The Morgan fingerprint density at radius 3 is 2.85 bits per heavy atom. The minimum atomic E-state index is -0.170. The van der Waals surface area contributed by atoms with Crippen LogP contribution in [0.3, 0.4) is 0 Å². The normalized spacial score (nSPS) is 12.7. The molecule has 0 spiro atoms. The van der Waals surface area contributed by atoms with Gasteiger partial charge in [-0.2, -0.15) is 5.10 Å². The summed E-state index contributed by atoms with van der Waals surface area (Å²) in [5, 5.41) is 7.02. The van der Waals surface area contributed by atoms with Crippen LogP contribution in [0.15, 0.2) is 55.1 Å². The summed E-state index contributed by atoms with van der Waals surface area (Å²) in [7, 11) is 0. The number of anilines is 2. The highest BCUT2D eigenvalue weighted by Gasteiger charge is 2.22. The SMILES string of the molecule is CC(=O)N1CCc2cc(NC(=O)c3cccc(Cn4cncn4)c3)ccc21. The third-order valence-electron chi connectivity index (χ3n) is 4.61. The highest BCUT2D eigenvalue weighted by Crippen LogP contribution is 2.30. The van der Waals surface area contributed by atoms with Crippen molar-refractivity contribution < 1.29 is 9.59 Å². The molecule has 1 N–H and O–H groups in total. The number of nitrogens with one attached hydrogen (secondary N) is 1. The first-order chi connectivity index (χ1) is 13.1. The topological polar surface area (TPSA) is 80.1 Å². The zero-order chi connectivity index (χ0) is 18.8. The molecule has 3 aromatic rings. The van der Waals surface area contributed by atoms with Crippen molar-refractivity contribution in [2.24, 2.45) is 0 Å². The predicted molar refractivity (Wildman–Crippen MR) is 102 cm³/mol. The van der Waals surface area contributed by atoms with E-state index in [4.69, 9.17) is 0 Å². The molecule has 4 rings (SSSR count). The van der Waals surface area contributed by atoms with E-state index in [9.17, 15) is 9.59 Å². The van der Waals surface area contributed by atoms with Crippen LogP contribution < -0.4 is 10.2 Å². The Morgan fingerprint density at radius 2 is 2.07 bits per heavy atom. The van der Waals surface area contributed by atoms with Gasteiger partial charge in [0.1, 0.15) is 12.7 Å². The second kappa shape index (κ2) is 7.03. The Kier molecular flexibility index (Phi) is 4.42. The number of carbonyl (C=O) groups excluding carboxylic acids is 2. The van der Waals surface area contributed by atoms with Crippen LogP contribution >= 0.6 is 0 Å². The summed E-state index contributed by atoms with van der Waals surface area (Å²) in [6.45, 7) is 2.81. The number of fused-ring (bicyclic) bond motifs is 1. The number of hydrogen-bond acceptors (Lipinski definition) is 4. The monoisotopic (exact) mass is 361 g/mol. The van der Waals surface area contributed by atoms with Crippen LogP contribution in [0.25, 0.3) is 0 Å². The van der Waals surface area contributed by atoms with Crippen LogP contribution in [-0.4, -0.2) is 33.1 Å². The summed E-state index contributed by atoms with van der Waals surface area (Å²) >= 11 is 0. The molecule has 0 bridgehead atoms. The molecule has 0 aliphatic carbocycles. The van der Waals surface area contributed by atoms with Gasteiger partial charge >= 0.3 is 0 Å². The maximum absolute atomic E-state index is 12.6. The molecule has 0 radical (unpaired) electrons. The molecule has 7 nitrogen and oxygen atoms in total. The van der Waals surface area contributed by atoms with Gasteiger partial charge in [-0.25, -0.2) is 9.67 Å². The molecule has 27 heavy (non-hydrogen) atoms. The lowest BCUT2D eigenvalue weighted by Crippen LogP contribution is -2.25. The molecule has 0 fully saturated rings. The molecule has 136 valence electrons. The van der Waals surface area contributed by atoms with Crippen LogP contribution in [0, 0.1) is 0 Å². The second-order valence-corrected chi connectivity index (χ2v) is 6.51. The van der Waals surface area contributed by atoms with Gasteiger partial charge in [-0.05, 0) is 47.9 Å². The molecule has 0 atom stereocenters. The molecule has 2 heterocycles. The fourth-order valence-corrected chi connectivity index (χ4v) is 3.32. The number of aromatic nitrogens is 3. The smallest absolute Gasteiger partial charge is 0.255 e. The van der Waals surface area contributed by atoms with E-state index in [2.05, 4.69) is 15.4 Å². The van der Waals surface area contributed by atoms with Crippen molar-refractivity contribution in [1.29, 1.82) is 0 Å². The number of rotatable bonds is 4. The molecule has 1 aliphatic rings. The molecule has 2 aromatic carbocycles. The third kappa shape index (κ3) is 3.57. The molecule has 1 aromatic heterocycles. The number of hydrogen-bond donors (Lipinski definition) is 1. The minimum Gasteiger partial charge on any atom is -0.322 e. The average molecular weight is 361 g/mol. The lowest BCUT2D eigenvalue weighted by atomic mass is 10.1. The summed E-state index contributed by atoms with van der Waals surface area (Å²) in [5.41, 5.74) is 4.28. The minimum absolute atomic E-state index is 0.0368. The summed E-state index contributed by atoms with van der Waals surface area (Å²) in [6.07, 6.45) is 3.92. The summed E-state index contributed by atoms with van der Waals surface area (Å²) < 4.78 is 1.71. The van der Waals surface area contributed by atoms with Crippen LogP contribution in [0.5, 0.6) is 0 Å². The molecule has 2 amide bonds. The van der Waals surface area contributed by atoms with Crippen molar-refractivity contribution in [2.75, 3.05) is 16.8 Å². The fourth-order valence-electron chi connectivity index (χ4n) is 3.32. The highest BCUT2D eigenvalue weighted by molar-refractivity contribution is 6.04. The molecule has 0 saturated heterocycles. The third-order valence-corrected chi connectivity index (χ3v) is 4.61. The molecular formula is C20H19N5O2. The maximum atomic E-state index is 12.6. The standard InChI is InChI=1S/C20H19N5O2/c1-14(26)25-8-7-16-10-18(5-6-19(16)25)23-20(27)17-4-2-3-15(9-17)11-24-13-21-12-22-24/h2-6,9-10,12-13H,7-8,11H2,1H3,(H,23,27). The Labute approximate surface area is 156 Å². The van der Waals surface area contributed by atoms with Crippen molar-refractivity contribution in [2.45, 2.75) is 19.9 Å². The number of amides is 2. The van der Waals surface area contributed by atoms with Crippen LogP contribution in [0.1, 0.15) is 28.4 Å². The highest BCUT2D eigenvalue weighted by atomic mass is 16.2. The summed E-state index contributed by atoms with van der Waals surface area (Å²) in [6, 6.07) is 13.1. The average Bonchev–Trinajstić information content (AvgIpc) is 3.31. The number of benzene rings is 2. The zero-order valence-corrected chi connectivity index (χ0v) is 14.9. The largest absolute Gasteiger partial charge is 0.322 e. The van der Waals surface area contributed by atoms with Gasteiger partial charge in [0.25, 0.3) is 5.91 Å². The van der Waals surface area contributed by atoms with E-state index in [-0.39, 0.29) is 11.8 Å². The van der Waals surface area contributed by atoms with Crippen molar-refractivity contribution in [3.63, 3.8) is 0 Å². The van der Waals surface area contributed by atoms with Gasteiger partial charge < -0.3 is 10.2 Å². The molecule has 1 aliphatic heterocycles. The molecular weight excluding hydrogens is 342 g/mol. The fraction of sp³-hybridized carbons (Fsp3) is 0.200. The Bertz CT molecular complexity index is 997. The summed E-state index contributed by atoms with van der Waals surface area (Å²) in [5.74, 6) is -0.133. The van der Waals surface area contributed by atoms with Gasteiger partial charge in [0, 0.05) is 30.4 Å². The first-order valence-corrected chi connectivity index (χ1v) is 8.74. The van der Waals surface area contributed by atoms with E-state index in [1.165, 1.54) is 6.33 Å². The first-order valence-electron chi connectivity index (χ1n) is 8.74. The van der Waals surface area contributed by atoms with Crippen molar-refractivity contribution in [1.82, 2.24) is 14.8 Å². The van der Waals surface area contributed by atoms with Crippen molar-refractivity contribution >= 4 is 23.2 Å². The van der Waals surface area contributed by atoms with E-state index >= 15 is 0 Å². The Morgan fingerprint density at radius 1 is 1.19 bits per heavy atom. The van der Waals surface area contributed by atoms with Gasteiger partial charge in [-0.15, -0.1) is 0 Å². The quantitative estimate of drug-likeness (QED) is 0.774. The molecule has 7 heteroatoms. The summed E-state index contributed by atoms with van der Waals surface area (Å²) in [4.78, 5) is 30.0. The van der Waals surface area contributed by atoms with Crippen LogP contribution in [0.2, 0.25) is 0 Å². The number of carbonyl (C=O) groups is 2. The van der Waals surface area contributed by atoms with E-state index in [1.54, 1.807) is 28.9 Å². The van der Waals surface area contributed by atoms with E-state index in [0.717, 1.165) is 28.9 Å². The van der Waals surface area contributed by atoms with Gasteiger partial charge in [-0.3, -0.25) is 9.59 Å². The lowest BCUT2D eigenvalue weighted by molar-refractivity contribution is -0.116. The van der Waals surface area contributed by atoms with E-state index < -0.39 is 0 Å². The predicted octanol–water partition coefficient (Wildman–Crippen LogP) is 2.49.